The van der Waals surface area contributed by atoms with Gasteiger partial charge in [0.25, 0.3) is 5.91 Å². The van der Waals surface area contributed by atoms with E-state index in [0.29, 0.717) is 0 Å². The smallest absolute Gasteiger partial charge is 0.335 e. The minimum atomic E-state index is -1.18. The summed E-state index contributed by atoms with van der Waals surface area (Å²) in [7, 11) is 0. The number of benzene rings is 2. The maximum Gasteiger partial charge on any atom is 0.335 e. The fourth-order valence-electron chi connectivity index (χ4n) is 1.67. The lowest BCUT2D eigenvalue weighted by atomic mass is 10.1. The van der Waals surface area contributed by atoms with Gasteiger partial charge in [-0.2, -0.15) is 0 Å². The van der Waals surface area contributed by atoms with Crippen molar-refractivity contribution >= 4 is 40.8 Å². The third-order valence-electron chi connectivity index (χ3n) is 2.68. The summed E-state index contributed by atoms with van der Waals surface area (Å²) < 4.78 is 0. The zero-order valence-electron chi connectivity index (χ0n) is 10.4. The average Bonchev–Trinajstić information content (AvgIpc) is 2.40. The summed E-state index contributed by atoms with van der Waals surface area (Å²) in [5.74, 6) is -2.16. The van der Waals surface area contributed by atoms with Crippen LogP contribution in [-0.4, -0.2) is 22.1 Å². The summed E-state index contributed by atoms with van der Waals surface area (Å²) in [6, 6.07) is 8.19. The standard InChI is InChI=1S/C14H9Cl2NO4/c15-8-2-1-3-9(16)12(8)13(19)17-10-5-4-7(14(20)21)6-11(10)18/h1-6,18H,(H,17,19)(H,20,21). The van der Waals surface area contributed by atoms with Crippen molar-refractivity contribution in [2.75, 3.05) is 5.32 Å². The summed E-state index contributed by atoms with van der Waals surface area (Å²) in [4.78, 5) is 22.9. The van der Waals surface area contributed by atoms with Crippen LogP contribution in [-0.2, 0) is 0 Å². The molecule has 108 valence electrons. The summed E-state index contributed by atoms with van der Waals surface area (Å²) in [5, 5.41) is 21.3. The Labute approximate surface area is 129 Å². The molecular formula is C14H9Cl2NO4. The molecule has 0 unspecified atom stereocenters. The summed E-state index contributed by atoms with van der Waals surface area (Å²) >= 11 is 11.8. The number of halogens is 2. The molecule has 3 N–H and O–H groups in total. The van der Waals surface area contributed by atoms with Crippen LogP contribution in [0.3, 0.4) is 0 Å². The first-order valence-corrected chi connectivity index (χ1v) is 6.47. The first-order chi connectivity index (χ1) is 9.90. The van der Waals surface area contributed by atoms with Crippen molar-refractivity contribution in [2.45, 2.75) is 0 Å². The van der Waals surface area contributed by atoms with E-state index in [-0.39, 0.29) is 32.6 Å². The summed E-state index contributed by atoms with van der Waals surface area (Å²) in [5.41, 5.74) is 0.0322. The number of carbonyl (C=O) groups excluding carboxylic acids is 1. The molecule has 21 heavy (non-hydrogen) atoms. The largest absolute Gasteiger partial charge is 0.506 e. The Morgan fingerprint density at radius 1 is 1.05 bits per heavy atom. The van der Waals surface area contributed by atoms with Crippen molar-refractivity contribution in [3.8, 4) is 5.75 Å². The molecule has 0 fully saturated rings. The van der Waals surface area contributed by atoms with Gasteiger partial charge >= 0.3 is 5.97 Å². The Morgan fingerprint density at radius 3 is 2.19 bits per heavy atom. The zero-order chi connectivity index (χ0) is 15.6. The molecule has 5 nitrogen and oxygen atoms in total. The van der Waals surface area contributed by atoms with E-state index >= 15 is 0 Å². The third-order valence-corrected chi connectivity index (χ3v) is 3.31. The molecule has 0 bridgehead atoms. The lowest BCUT2D eigenvalue weighted by molar-refractivity contribution is 0.0696. The van der Waals surface area contributed by atoms with Gasteiger partial charge in [-0.15, -0.1) is 0 Å². The number of phenols is 1. The van der Waals surface area contributed by atoms with E-state index in [0.717, 1.165) is 6.07 Å². The van der Waals surface area contributed by atoms with E-state index in [1.807, 2.05) is 0 Å². The van der Waals surface area contributed by atoms with E-state index in [1.165, 1.54) is 24.3 Å². The lowest BCUT2D eigenvalue weighted by Gasteiger charge is -2.10. The van der Waals surface area contributed by atoms with Crippen molar-refractivity contribution in [2.24, 2.45) is 0 Å². The van der Waals surface area contributed by atoms with Crippen LogP contribution in [0.25, 0.3) is 0 Å². The van der Waals surface area contributed by atoms with Crippen LogP contribution < -0.4 is 5.32 Å². The first kappa shape index (κ1) is 15.2. The summed E-state index contributed by atoms with van der Waals surface area (Å²) in [6.45, 7) is 0. The predicted molar refractivity (Wildman–Crippen MR) is 79.5 cm³/mol. The van der Waals surface area contributed by atoms with E-state index in [2.05, 4.69) is 5.32 Å². The van der Waals surface area contributed by atoms with Crippen LogP contribution >= 0.6 is 23.2 Å². The highest BCUT2D eigenvalue weighted by atomic mass is 35.5. The second kappa shape index (κ2) is 6.03. The van der Waals surface area contributed by atoms with Crippen molar-refractivity contribution < 1.29 is 19.8 Å². The maximum absolute atomic E-state index is 12.1. The number of hydrogen-bond donors (Lipinski definition) is 3. The van der Waals surface area contributed by atoms with Crippen molar-refractivity contribution in [1.29, 1.82) is 0 Å². The van der Waals surface area contributed by atoms with Crippen LogP contribution in [0.2, 0.25) is 10.0 Å². The molecule has 0 spiro atoms. The lowest BCUT2D eigenvalue weighted by Crippen LogP contribution is -2.13. The van der Waals surface area contributed by atoms with E-state index < -0.39 is 11.9 Å². The molecular weight excluding hydrogens is 317 g/mol. The van der Waals surface area contributed by atoms with Crippen LogP contribution in [0, 0.1) is 0 Å². The summed E-state index contributed by atoms with van der Waals surface area (Å²) in [6.07, 6.45) is 0. The van der Waals surface area contributed by atoms with Crippen molar-refractivity contribution in [3.63, 3.8) is 0 Å². The second-order valence-corrected chi connectivity index (χ2v) is 4.90. The number of carboxylic acids is 1. The topological polar surface area (TPSA) is 86.6 Å². The Hall–Kier alpha value is -2.24. The molecule has 7 heteroatoms. The van der Waals surface area contributed by atoms with E-state index in [9.17, 15) is 14.7 Å². The van der Waals surface area contributed by atoms with Gasteiger partial charge in [0.2, 0.25) is 0 Å². The van der Waals surface area contributed by atoms with Gasteiger partial charge in [0, 0.05) is 0 Å². The third kappa shape index (κ3) is 3.26. The molecule has 0 aliphatic carbocycles. The zero-order valence-corrected chi connectivity index (χ0v) is 11.9. The maximum atomic E-state index is 12.1. The fourth-order valence-corrected chi connectivity index (χ4v) is 2.24. The van der Waals surface area contributed by atoms with Crippen LogP contribution in [0.5, 0.6) is 5.75 Å². The monoisotopic (exact) mass is 325 g/mol. The Bertz CT molecular complexity index is 711. The molecule has 0 atom stereocenters. The predicted octanol–water partition coefficient (Wildman–Crippen LogP) is 3.65. The van der Waals surface area contributed by atoms with Crippen molar-refractivity contribution in [1.82, 2.24) is 0 Å². The van der Waals surface area contributed by atoms with Crippen LogP contribution in [0.4, 0.5) is 5.69 Å². The molecule has 2 aromatic rings. The number of anilines is 1. The normalized spacial score (nSPS) is 10.2. The highest BCUT2D eigenvalue weighted by molar-refractivity contribution is 6.40. The Morgan fingerprint density at radius 2 is 1.67 bits per heavy atom. The number of nitrogens with one attached hydrogen (secondary N) is 1. The van der Waals surface area contributed by atoms with Crippen LogP contribution in [0.15, 0.2) is 36.4 Å². The van der Waals surface area contributed by atoms with E-state index in [4.69, 9.17) is 28.3 Å². The van der Waals surface area contributed by atoms with Gasteiger partial charge in [-0.1, -0.05) is 29.3 Å². The molecule has 2 aromatic carbocycles. The SMILES string of the molecule is O=C(O)c1ccc(NC(=O)c2c(Cl)cccc2Cl)c(O)c1. The molecule has 0 aliphatic heterocycles. The highest BCUT2D eigenvalue weighted by Gasteiger charge is 2.16. The van der Waals surface area contributed by atoms with Gasteiger partial charge in [-0.25, -0.2) is 4.79 Å². The molecule has 0 radical (unpaired) electrons. The first-order valence-electron chi connectivity index (χ1n) is 5.72. The van der Waals surface area contributed by atoms with Crippen LogP contribution in [0.1, 0.15) is 20.7 Å². The second-order valence-electron chi connectivity index (χ2n) is 4.09. The Kier molecular flexibility index (Phi) is 4.35. The molecule has 2 rings (SSSR count). The molecule has 0 aliphatic rings. The minimum Gasteiger partial charge on any atom is -0.506 e. The number of hydrogen-bond acceptors (Lipinski definition) is 3. The van der Waals surface area contributed by atoms with Gasteiger partial charge in [-0.05, 0) is 30.3 Å². The molecule has 0 aromatic heterocycles. The number of rotatable bonds is 3. The Balaban J connectivity index is 2.30. The molecule has 0 heterocycles. The van der Waals surface area contributed by atoms with Gasteiger partial charge in [0.1, 0.15) is 5.75 Å². The van der Waals surface area contributed by atoms with Gasteiger partial charge in [0.15, 0.2) is 0 Å². The number of carboxylic acid groups (broad SMARTS) is 1. The van der Waals surface area contributed by atoms with Gasteiger partial charge in [-0.3, -0.25) is 4.79 Å². The number of phenolic OH excluding ortho intramolecular Hbond substituents is 1. The average molecular weight is 326 g/mol. The quantitative estimate of drug-likeness (QED) is 0.752. The molecule has 1 amide bonds. The molecule has 0 saturated heterocycles. The number of aromatic carboxylic acids is 1. The number of aromatic hydroxyl groups is 1. The van der Waals surface area contributed by atoms with E-state index in [1.54, 1.807) is 6.07 Å². The number of amides is 1. The molecule has 0 saturated carbocycles. The van der Waals surface area contributed by atoms with Crippen molar-refractivity contribution in [3.05, 3.63) is 57.6 Å². The van der Waals surface area contributed by atoms with Gasteiger partial charge < -0.3 is 15.5 Å². The number of carbonyl (C=O) groups is 2. The van der Waals surface area contributed by atoms with Gasteiger partial charge in [0.05, 0.1) is 26.9 Å². The minimum absolute atomic E-state index is 0.0565. The highest BCUT2D eigenvalue weighted by Crippen LogP contribution is 2.28. The fraction of sp³-hybridized carbons (Fsp3) is 0.